The lowest BCUT2D eigenvalue weighted by atomic mass is 10.1. The number of carbonyl (C=O) groups is 2. The fourth-order valence-corrected chi connectivity index (χ4v) is 2.52. The summed E-state index contributed by atoms with van der Waals surface area (Å²) in [6.45, 7) is -0.327. The van der Waals surface area contributed by atoms with Crippen molar-refractivity contribution in [1.82, 2.24) is 15.1 Å². The number of nitrogens with one attached hydrogen (secondary N) is 1. The van der Waals surface area contributed by atoms with E-state index in [9.17, 15) is 9.59 Å². The van der Waals surface area contributed by atoms with Gasteiger partial charge < -0.3 is 10.0 Å². The van der Waals surface area contributed by atoms with Gasteiger partial charge in [0.05, 0.1) is 11.2 Å². The van der Waals surface area contributed by atoms with Crippen LogP contribution in [0.25, 0.3) is 23.1 Å². The zero-order chi connectivity index (χ0) is 17.8. The number of carboxylic acids is 1. The van der Waals surface area contributed by atoms with Crippen molar-refractivity contribution in [2.24, 2.45) is 0 Å². The third-order valence-corrected chi connectivity index (χ3v) is 3.81. The molecule has 126 valence electrons. The van der Waals surface area contributed by atoms with Gasteiger partial charge in [-0.15, -0.1) is 0 Å². The van der Waals surface area contributed by atoms with Crippen LogP contribution < -0.4 is 0 Å². The second-order valence-corrected chi connectivity index (χ2v) is 5.66. The highest BCUT2D eigenvalue weighted by Crippen LogP contribution is 2.18. The molecular formula is C19H17N3O3. The Morgan fingerprint density at radius 3 is 2.56 bits per heavy atom. The number of fused-ring (bicyclic) bond motifs is 1. The van der Waals surface area contributed by atoms with Gasteiger partial charge in [0.1, 0.15) is 6.54 Å². The first kappa shape index (κ1) is 16.4. The van der Waals surface area contributed by atoms with Crippen LogP contribution in [-0.4, -0.2) is 45.7 Å². The highest BCUT2D eigenvalue weighted by Gasteiger charge is 2.13. The lowest BCUT2D eigenvalue weighted by molar-refractivity contribution is -0.137. The molecule has 0 radical (unpaired) electrons. The molecule has 0 aliphatic heterocycles. The summed E-state index contributed by atoms with van der Waals surface area (Å²) in [5.74, 6) is -1.36. The van der Waals surface area contributed by atoms with Crippen molar-refractivity contribution in [2.45, 2.75) is 0 Å². The molecule has 0 aliphatic carbocycles. The first-order chi connectivity index (χ1) is 12.0. The Balaban J connectivity index is 1.74. The second-order valence-electron chi connectivity index (χ2n) is 5.66. The van der Waals surface area contributed by atoms with E-state index in [0.29, 0.717) is 5.56 Å². The fourth-order valence-electron chi connectivity index (χ4n) is 2.52. The summed E-state index contributed by atoms with van der Waals surface area (Å²) in [6, 6.07) is 14.9. The van der Waals surface area contributed by atoms with Gasteiger partial charge in [-0.3, -0.25) is 14.7 Å². The van der Waals surface area contributed by atoms with Crippen LogP contribution in [0.4, 0.5) is 0 Å². The normalized spacial score (nSPS) is 11.1. The molecule has 0 aliphatic rings. The van der Waals surface area contributed by atoms with Crippen molar-refractivity contribution in [2.75, 3.05) is 13.6 Å². The minimum Gasteiger partial charge on any atom is -0.480 e. The minimum atomic E-state index is -1.04. The first-order valence-electron chi connectivity index (χ1n) is 7.73. The maximum Gasteiger partial charge on any atom is 0.323 e. The molecule has 1 aromatic heterocycles. The molecule has 0 saturated heterocycles. The zero-order valence-electron chi connectivity index (χ0n) is 13.6. The van der Waals surface area contributed by atoms with Crippen LogP contribution in [0.3, 0.4) is 0 Å². The van der Waals surface area contributed by atoms with E-state index in [1.165, 1.54) is 11.9 Å². The predicted octanol–water partition coefficient (Wildman–Crippen LogP) is 2.89. The number of carbonyl (C=O) groups excluding carboxylic acids is 1. The van der Waals surface area contributed by atoms with Crippen LogP contribution >= 0.6 is 0 Å². The Hall–Kier alpha value is -3.41. The SMILES string of the molecule is CN(CC(=O)O)C(=O)c1ccc(C=Cc2n[nH]c3ccccc23)cc1. The Kier molecular flexibility index (Phi) is 4.61. The van der Waals surface area contributed by atoms with E-state index < -0.39 is 5.97 Å². The van der Waals surface area contributed by atoms with Crippen LogP contribution in [0.2, 0.25) is 0 Å². The summed E-state index contributed by atoms with van der Waals surface area (Å²) in [7, 11) is 1.47. The number of likely N-dealkylation sites (N-methyl/N-ethyl adjacent to an activating group) is 1. The van der Waals surface area contributed by atoms with Gasteiger partial charge in [0.25, 0.3) is 5.91 Å². The molecule has 1 amide bonds. The van der Waals surface area contributed by atoms with Crippen LogP contribution in [0.15, 0.2) is 48.5 Å². The van der Waals surface area contributed by atoms with Crippen molar-refractivity contribution in [3.63, 3.8) is 0 Å². The molecule has 0 saturated carbocycles. The number of aromatic nitrogens is 2. The van der Waals surface area contributed by atoms with Crippen molar-refractivity contribution < 1.29 is 14.7 Å². The minimum absolute atomic E-state index is 0.323. The number of benzene rings is 2. The number of rotatable bonds is 5. The van der Waals surface area contributed by atoms with E-state index in [2.05, 4.69) is 10.2 Å². The molecule has 2 N–H and O–H groups in total. The molecular weight excluding hydrogens is 318 g/mol. The van der Waals surface area contributed by atoms with Crippen LogP contribution in [0, 0.1) is 0 Å². The van der Waals surface area contributed by atoms with Crippen LogP contribution in [0.1, 0.15) is 21.6 Å². The van der Waals surface area contributed by atoms with Gasteiger partial charge in [-0.1, -0.05) is 36.4 Å². The number of amides is 1. The Bertz CT molecular complexity index is 942. The third kappa shape index (κ3) is 3.74. The average molecular weight is 335 g/mol. The van der Waals surface area contributed by atoms with E-state index >= 15 is 0 Å². The molecule has 6 nitrogen and oxygen atoms in total. The monoisotopic (exact) mass is 335 g/mol. The van der Waals surface area contributed by atoms with E-state index in [1.54, 1.807) is 12.1 Å². The smallest absolute Gasteiger partial charge is 0.323 e. The zero-order valence-corrected chi connectivity index (χ0v) is 13.6. The highest BCUT2D eigenvalue weighted by atomic mass is 16.4. The fraction of sp³-hybridized carbons (Fsp3) is 0.105. The summed E-state index contributed by atoms with van der Waals surface area (Å²) in [4.78, 5) is 24.0. The lowest BCUT2D eigenvalue weighted by Gasteiger charge is -2.14. The quantitative estimate of drug-likeness (QED) is 0.750. The Morgan fingerprint density at radius 2 is 1.84 bits per heavy atom. The maximum atomic E-state index is 12.1. The molecule has 3 rings (SSSR count). The largest absolute Gasteiger partial charge is 0.480 e. The molecule has 0 spiro atoms. The van der Waals surface area contributed by atoms with Crippen LogP contribution in [-0.2, 0) is 4.79 Å². The van der Waals surface area contributed by atoms with E-state index in [1.807, 2.05) is 48.6 Å². The molecule has 6 heteroatoms. The molecule has 2 aromatic carbocycles. The summed E-state index contributed by atoms with van der Waals surface area (Å²) in [6.07, 6.45) is 3.82. The van der Waals surface area contributed by atoms with Gasteiger partial charge >= 0.3 is 5.97 Å². The van der Waals surface area contributed by atoms with Crippen molar-refractivity contribution in [1.29, 1.82) is 0 Å². The highest BCUT2D eigenvalue weighted by molar-refractivity contribution is 5.96. The standard InChI is InChI=1S/C19H17N3O3/c1-22(12-18(23)24)19(25)14-9-6-13(7-10-14)8-11-17-15-4-2-3-5-16(15)20-21-17/h2-11H,12H2,1H3,(H,20,21)(H,23,24). The molecule has 0 fully saturated rings. The third-order valence-electron chi connectivity index (χ3n) is 3.81. The van der Waals surface area contributed by atoms with Crippen molar-refractivity contribution in [3.05, 3.63) is 65.4 Å². The number of hydrogen-bond acceptors (Lipinski definition) is 3. The number of aliphatic carboxylic acids is 1. The number of aromatic amines is 1. The number of H-pyrrole nitrogens is 1. The van der Waals surface area contributed by atoms with Crippen molar-refractivity contribution in [3.8, 4) is 0 Å². The average Bonchev–Trinajstić information content (AvgIpc) is 3.02. The van der Waals surface area contributed by atoms with Gasteiger partial charge in [-0.25, -0.2) is 0 Å². The van der Waals surface area contributed by atoms with Gasteiger partial charge in [0.2, 0.25) is 0 Å². The molecule has 3 aromatic rings. The molecule has 1 heterocycles. The summed E-state index contributed by atoms with van der Waals surface area (Å²) < 4.78 is 0. The van der Waals surface area contributed by atoms with E-state index in [4.69, 9.17) is 5.11 Å². The summed E-state index contributed by atoms with van der Waals surface area (Å²) in [5, 5.41) is 17.0. The summed E-state index contributed by atoms with van der Waals surface area (Å²) in [5.41, 5.74) is 3.19. The van der Waals surface area contributed by atoms with E-state index in [0.717, 1.165) is 22.2 Å². The lowest BCUT2D eigenvalue weighted by Crippen LogP contribution is -2.31. The van der Waals surface area contributed by atoms with Crippen LogP contribution in [0.5, 0.6) is 0 Å². The van der Waals surface area contributed by atoms with Crippen molar-refractivity contribution >= 4 is 34.9 Å². The molecule has 25 heavy (non-hydrogen) atoms. The number of nitrogens with zero attached hydrogens (tertiary/aromatic N) is 2. The molecule has 0 unspecified atom stereocenters. The first-order valence-corrected chi connectivity index (χ1v) is 7.73. The maximum absolute atomic E-state index is 12.1. The Morgan fingerprint density at radius 1 is 1.12 bits per heavy atom. The van der Waals surface area contributed by atoms with Gasteiger partial charge in [0, 0.05) is 18.0 Å². The Labute approximate surface area is 144 Å². The summed E-state index contributed by atoms with van der Waals surface area (Å²) >= 11 is 0. The second kappa shape index (κ2) is 7.00. The van der Waals surface area contributed by atoms with E-state index in [-0.39, 0.29) is 12.5 Å². The molecule has 0 atom stereocenters. The predicted molar refractivity (Wildman–Crippen MR) is 96.1 cm³/mol. The number of para-hydroxylation sites is 1. The topological polar surface area (TPSA) is 86.3 Å². The van der Waals surface area contributed by atoms with Gasteiger partial charge in [-0.05, 0) is 29.8 Å². The number of hydrogen-bond donors (Lipinski definition) is 2. The number of carboxylic acid groups (broad SMARTS) is 1. The molecule has 0 bridgehead atoms. The van der Waals surface area contributed by atoms with Gasteiger partial charge in [0.15, 0.2) is 0 Å². The van der Waals surface area contributed by atoms with Gasteiger partial charge in [-0.2, -0.15) is 5.10 Å².